The first-order valence-electron chi connectivity index (χ1n) is 5.06. The maximum atomic E-state index is 13.7. The first-order chi connectivity index (χ1) is 8.05. The Balaban J connectivity index is 2.56. The van der Waals surface area contributed by atoms with Crippen LogP contribution in [0.4, 0.5) is 4.39 Å². The van der Waals surface area contributed by atoms with Crippen LogP contribution in [0.15, 0.2) is 12.1 Å². The molecule has 88 valence electrons. The first kappa shape index (κ1) is 11.4. The highest BCUT2D eigenvalue weighted by molar-refractivity contribution is 5.85. The van der Waals surface area contributed by atoms with Crippen molar-refractivity contribution < 1.29 is 19.0 Å². The van der Waals surface area contributed by atoms with Crippen LogP contribution in [0.25, 0.3) is 0 Å². The molecule has 4 nitrogen and oxygen atoms in total. The van der Waals surface area contributed by atoms with Gasteiger partial charge in [0, 0.05) is 0 Å². The van der Waals surface area contributed by atoms with E-state index in [2.05, 4.69) is 0 Å². The normalized spacial score (nSPS) is 16.1. The third-order valence-electron chi connectivity index (χ3n) is 3.08. The number of carboxylic acid groups (broad SMARTS) is 1. The summed E-state index contributed by atoms with van der Waals surface area (Å²) >= 11 is 0. The van der Waals surface area contributed by atoms with Crippen LogP contribution in [-0.2, 0) is 10.2 Å². The van der Waals surface area contributed by atoms with Gasteiger partial charge in [0.25, 0.3) is 0 Å². The Hall–Kier alpha value is -2.09. The molecule has 0 radical (unpaired) electrons. The summed E-state index contributed by atoms with van der Waals surface area (Å²) in [5.74, 6) is -1.82. The predicted molar refractivity (Wildman–Crippen MR) is 56.2 cm³/mol. The molecule has 0 heterocycles. The fraction of sp³-hybridized carbons (Fsp3) is 0.333. The number of ether oxygens (including phenoxy) is 1. The van der Waals surface area contributed by atoms with Crippen molar-refractivity contribution in [3.8, 4) is 11.8 Å². The van der Waals surface area contributed by atoms with Gasteiger partial charge < -0.3 is 9.84 Å². The Morgan fingerprint density at radius 1 is 1.59 bits per heavy atom. The van der Waals surface area contributed by atoms with Crippen LogP contribution >= 0.6 is 0 Å². The highest BCUT2D eigenvalue weighted by atomic mass is 19.1. The zero-order valence-corrected chi connectivity index (χ0v) is 9.16. The largest absolute Gasteiger partial charge is 0.492 e. The zero-order chi connectivity index (χ0) is 12.6. The standard InChI is InChI=1S/C12H10FNO3/c1-17-10-7(6-14)4-8(5-9(10)13)12(2-3-12)11(15)16/h4-5H,2-3H2,1H3,(H,15,16). The topological polar surface area (TPSA) is 70.3 Å². The lowest BCUT2D eigenvalue weighted by molar-refractivity contribution is -0.140. The molecule has 1 fully saturated rings. The van der Waals surface area contributed by atoms with Crippen molar-refractivity contribution in [2.45, 2.75) is 18.3 Å². The number of hydrogen-bond acceptors (Lipinski definition) is 3. The average Bonchev–Trinajstić information content (AvgIpc) is 3.08. The number of benzene rings is 1. The van der Waals surface area contributed by atoms with Crippen LogP contribution in [0.5, 0.6) is 5.75 Å². The number of rotatable bonds is 3. The number of aliphatic carboxylic acids is 1. The summed E-state index contributed by atoms with van der Waals surface area (Å²) in [6.07, 6.45) is 0.942. The van der Waals surface area contributed by atoms with Crippen molar-refractivity contribution >= 4 is 5.97 Å². The summed E-state index contributed by atoms with van der Waals surface area (Å²) in [4.78, 5) is 11.1. The van der Waals surface area contributed by atoms with E-state index < -0.39 is 17.2 Å². The summed E-state index contributed by atoms with van der Waals surface area (Å²) in [6, 6.07) is 4.34. The number of methoxy groups -OCH3 is 1. The molecule has 0 spiro atoms. The van der Waals surface area contributed by atoms with Gasteiger partial charge in [0.15, 0.2) is 11.6 Å². The molecule has 5 heteroatoms. The highest BCUT2D eigenvalue weighted by Gasteiger charge is 2.52. The summed E-state index contributed by atoms with van der Waals surface area (Å²) in [5, 5.41) is 18.0. The molecule has 0 aromatic heterocycles. The second kappa shape index (κ2) is 3.74. The minimum Gasteiger partial charge on any atom is -0.492 e. The van der Waals surface area contributed by atoms with E-state index in [1.807, 2.05) is 6.07 Å². The molecule has 0 bridgehead atoms. The summed E-state index contributed by atoms with van der Waals surface area (Å²) in [7, 11) is 1.27. The Kier molecular flexibility index (Phi) is 2.50. The Bertz CT molecular complexity index is 529. The van der Waals surface area contributed by atoms with Gasteiger partial charge in [-0.1, -0.05) is 0 Å². The van der Waals surface area contributed by atoms with Crippen molar-refractivity contribution in [1.82, 2.24) is 0 Å². The predicted octanol–water partition coefficient (Wildman–Crippen LogP) is 1.82. The number of hydrogen-bond donors (Lipinski definition) is 1. The molecule has 1 aliphatic carbocycles. The molecule has 0 aliphatic heterocycles. The molecular formula is C12H10FNO3. The molecule has 0 amide bonds. The quantitative estimate of drug-likeness (QED) is 0.867. The van der Waals surface area contributed by atoms with Crippen LogP contribution in [0.2, 0.25) is 0 Å². The van der Waals surface area contributed by atoms with E-state index in [4.69, 9.17) is 15.1 Å². The number of carboxylic acids is 1. The van der Waals surface area contributed by atoms with Crippen molar-refractivity contribution in [2.24, 2.45) is 0 Å². The van der Waals surface area contributed by atoms with E-state index in [9.17, 15) is 9.18 Å². The molecule has 1 aromatic rings. The van der Waals surface area contributed by atoms with Crippen LogP contribution in [0, 0.1) is 17.1 Å². The number of nitriles is 1. The Morgan fingerprint density at radius 3 is 2.65 bits per heavy atom. The van der Waals surface area contributed by atoms with Gasteiger partial charge in [0.1, 0.15) is 6.07 Å². The molecule has 17 heavy (non-hydrogen) atoms. The lowest BCUT2D eigenvalue weighted by Gasteiger charge is -2.12. The van der Waals surface area contributed by atoms with Gasteiger partial charge in [0.05, 0.1) is 18.1 Å². The fourth-order valence-electron chi connectivity index (χ4n) is 1.91. The van der Waals surface area contributed by atoms with Crippen molar-refractivity contribution in [1.29, 1.82) is 5.26 Å². The second-order valence-electron chi connectivity index (χ2n) is 4.04. The maximum absolute atomic E-state index is 13.7. The van der Waals surface area contributed by atoms with E-state index in [0.717, 1.165) is 6.07 Å². The van der Waals surface area contributed by atoms with Gasteiger partial charge in [-0.3, -0.25) is 4.79 Å². The van der Waals surface area contributed by atoms with E-state index in [0.29, 0.717) is 18.4 Å². The van der Waals surface area contributed by atoms with Gasteiger partial charge in [0.2, 0.25) is 0 Å². The van der Waals surface area contributed by atoms with Crippen molar-refractivity contribution in [3.05, 3.63) is 29.1 Å². The van der Waals surface area contributed by atoms with E-state index >= 15 is 0 Å². The molecule has 0 atom stereocenters. The molecule has 1 saturated carbocycles. The van der Waals surface area contributed by atoms with Crippen LogP contribution < -0.4 is 4.74 Å². The van der Waals surface area contributed by atoms with Gasteiger partial charge >= 0.3 is 5.97 Å². The third-order valence-corrected chi connectivity index (χ3v) is 3.08. The second-order valence-corrected chi connectivity index (χ2v) is 4.04. The van der Waals surface area contributed by atoms with Crippen molar-refractivity contribution in [2.75, 3.05) is 7.11 Å². The molecule has 0 saturated heterocycles. The first-order valence-corrected chi connectivity index (χ1v) is 5.06. The molecule has 0 unspecified atom stereocenters. The fourth-order valence-corrected chi connectivity index (χ4v) is 1.91. The van der Waals surface area contributed by atoms with E-state index in [1.54, 1.807) is 0 Å². The Morgan fingerprint density at radius 2 is 2.24 bits per heavy atom. The monoisotopic (exact) mass is 235 g/mol. The average molecular weight is 235 g/mol. The lowest BCUT2D eigenvalue weighted by atomic mass is 9.94. The van der Waals surface area contributed by atoms with Crippen LogP contribution in [-0.4, -0.2) is 18.2 Å². The van der Waals surface area contributed by atoms with Gasteiger partial charge in [-0.05, 0) is 30.5 Å². The number of carbonyl (C=O) groups is 1. The zero-order valence-electron chi connectivity index (χ0n) is 9.16. The molecule has 1 N–H and O–H groups in total. The smallest absolute Gasteiger partial charge is 0.314 e. The minimum absolute atomic E-state index is 0.0232. The minimum atomic E-state index is -1.02. The van der Waals surface area contributed by atoms with Gasteiger partial charge in [-0.25, -0.2) is 4.39 Å². The number of halogens is 1. The maximum Gasteiger partial charge on any atom is 0.314 e. The Labute approximate surface area is 97.2 Å². The molecular weight excluding hydrogens is 225 g/mol. The number of nitrogens with zero attached hydrogens (tertiary/aromatic N) is 1. The van der Waals surface area contributed by atoms with E-state index in [-0.39, 0.29) is 11.3 Å². The summed E-state index contributed by atoms with van der Waals surface area (Å²) < 4.78 is 18.4. The van der Waals surface area contributed by atoms with Gasteiger partial charge in [-0.2, -0.15) is 5.26 Å². The van der Waals surface area contributed by atoms with Crippen molar-refractivity contribution in [3.63, 3.8) is 0 Å². The van der Waals surface area contributed by atoms with Gasteiger partial charge in [-0.15, -0.1) is 0 Å². The molecule has 2 rings (SSSR count). The third kappa shape index (κ3) is 1.62. The van der Waals surface area contributed by atoms with Crippen LogP contribution in [0.1, 0.15) is 24.0 Å². The summed E-state index contributed by atoms with van der Waals surface area (Å²) in [5.41, 5.74) is -0.659. The van der Waals surface area contributed by atoms with E-state index in [1.165, 1.54) is 13.2 Å². The lowest BCUT2D eigenvalue weighted by Crippen LogP contribution is -2.20. The highest BCUT2D eigenvalue weighted by Crippen LogP contribution is 2.49. The SMILES string of the molecule is COc1c(F)cc(C2(C(=O)O)CC2)cc1C#N. The summed E-state index contributed by atoms with van der Waals surface area (Å²) in [6.45, 7) is 0. The molecule has 1 aromatic carbocycles. The molecule has 1 aliphatic rings. The van der Waals surface area contributed by atoms with Crippen LogP contribution in [0.3, 0.4) is 0 Å².